The number of esters is 1. The monoisotopic (exact) mass is 351 g/mol. The fourth-order valence-electron chi connectivity index (χ4n) is 2.38. The number of hydrogen-bond donors (Lipinski definition) is 2. The van der Waals surface area contributed by atoms with Crippen molar-refractivity contribution in [1.82, 2.24) is 15.3 Å². The van der Waals surface area contributed by atoms with Crippen molar-refractivity contribution < 1.29 is 18.3 Å². The molecule has 0 radical (unpaired) electrons. The summed E-state index contributed by atoms with van der Waals surface area (Å²) < 4.78 is 31.1. The molecule has 1 aromatic carbocycles. The SMILES string of the molecule is C=CC(F)(F)c1nc2ccccc2[nH]c1=O.COC(=O)C1CCCN1. The average molecular weight is 351 g/mol. The maximum atomic E-state index is 13.3. The van der Waals surface area contributed by atoms with Crippen molar-refractivity contribution in [2.45, 2.75) is 24.8 Å². The van der Waals surface area contributed by atoms with Crippen molar-refractivity contribution in [3.05, 3.63) is 53.0 Å². The first-order valence-corrected chi connectivity index (χ1v) is 7.71. The Morgan fingerprint density at radius 2 is 2.16 bits per heavy atom. The Labute approximate surface area is 142 Å². The summed E-state index contributed by atoms with van der Waals surface area (Å²) in [5, 5.41) is 3.03. The number of aromatic nitrogens is 2. The molecule has 1 aliphatic rings. The molecule has 2 N–H and O–H groups in total. The first kappa shape index (κ1) is 18.7. The number of nitrogens with zero attached hydrogens (tertiary/aromatic N) is 1. The molecule has 1 fully saturated rings. The minimum Gasteiger partial charge on any atom is -0.468 e. The number of allylic oxidation sites excluding steroid dienone is 1. The predicted octanol–water partition coefficient (Wildman–Crippen LogP) is 2.11. The number of nitrogens with one attached hydrogen (secondary N) is 2. The van der Waals surface area contributed by atoms with Crippen LogP contribution in [0.3, 0.4) is 0 Å². The highest BCUT2D eigenvalue weighted by Gasteiger charge is 2.32. The second-order valence-corrected chi connectivity index (χ2v) is 5.43. The lowest BCUT2D eigenvalue weighted by molar-refractivity contribution is -0.142. The van der Waals surface area contributed by atoms with Gasteiger partial charge in [0.15, 0.2) is 5.69 Å². The minimum absolute atomic E-state index is 0.0324. The molecular weight excluding hydrogens is 332 g/mol. The summed E-state index contributed by atoms with van der Waals surface area (Å²) in [7, 11) is 1.42. The Bertz CT molecular complexity index is 814. The lowest BCUT2D eigenvalue weighted by atomic mass is 10.2. The largest absolute Gasteiger partial charge is 0.468 e. The summed E-state index contributed by atoms with van der Waals surface area (Å²) in [5.41, 5.74) is -0.987. The van der Waals surface area contributed by atoms with Crippen LogP contribution in [0.1, 0.15) is 18.5 Å². The molecule has 1 aromatic heterocycles. The van der Waals surface area contributed by atoms with Crippen LogP contribution in [0.5, 0.6) is 0 Å². The van der Waals surface area contributed by atoms with E-state index in [2.05, 4.69) is 26.6 Å². The number of ether oxygens (including phenoxy) is 1. The van der Waals surface area contributed by atoms with Crippen LogP contribution < -0.4 is 10.9 Å². The van der Waals surface area contributed by atoms with Crippen LogP contribution in [0.25, 0.3) is 11.0 Å². The molecule has 8 heteroatoms. The van der Waals surface area contributed by atoms with E-state index in [1.165, 1.54) is 7.11 Å². The molecule has 0 saturated carbocycles. The third kappa shape index (κ3) is 4.48. The number of alkyl halides is 2. The second kappa shape index (κ2) is 7.98. The van der Waals surface area contributed by atoms with Crippen molar-refractivity contribution in [3.63, 3.8) is 0 Å². The third-order valence-electron chi connectivity index (χ3n) is 3.72. The molecule has 2 aromatic rings. The molecular formula is C17H19F2N3O3. The molecule has 25 heavy (non-hydrogen) atoms. The molecule has 1 unspecified atom stereocenters. The van der Waals surface area contributed by atoms with E-state index in [9.17, 15) is 18.4 Å². The molecule has 134 valence electrons. The molecule has 6 nitrogen and oxygen atoms in total. The Morgan fingerprint density at radius 1 is 1.44 bits per heavy atom. The van der Waals surface area contributed by atoms with Gasteiger partial charge in [-0.25, -0.2) is 4.98 Å². The number of rotatable bonds is 3. The quantitative estimate of drug-likeness (QED) is 0.654. The molecule has 1 atom stereocenters. The van der Waals surface area contributed by atoms with E-state index in [0.29, 0.717) is 17.1 Å². The van der Waals surface area contributed by atoms with Crippen molar-refractivity contribution >= 4 is 17.0 Å². The van der Waals surface area contributed by atoms with Gasteiger partial charge in [-0.2, -0.15) is 8.78 Å². The molecule has 2 heterocycles. The Hall–Kier alpha value is -2.61. The van der Waals surface area contributed by atoms with Gasteiger partial charge in [-0.15, -0.1) is 0 Å². The first-order valence-electron chi connectivity index (χ1n) is 7.71. The van der Waals surface area contributed by atoms with E-state index >= 15 is 0 Å². The zero-order valence-corrected chi connectivity index (χ0v) is 13.7. The van der Waals surface area contributed by atoms with E-state index in [0.717, 1.165) is 19.4 Å². The topological polar surface area (TPSA) is 84.1 Å². The van der Waals surface area contributed by atoms with Crippen LogP contribution in [0.15, 0.2) is 41.7 Å². The molecule has 0 amide bonds. The molecule has 3 rings (SSSR count). The summed E-state index contributed by atoms with van der Waals surface area (Å²) in [5.74, 6) is -3.55. The number of halogens is 2. The Morgan fingerprint density at radius 3 is 2.76 bits per heavy atom. The number of fused-ring (bicyclic) bond motifs is 1. The third-order valence-corrected chi connectivity index (χ3v) is 3.72. The van der Waals surface area contributed by atoms with E-state index < -0.39 is 17.2 Å². The molecule has 0 bridgehead atoms. The fraction of sp³-hybridized carbons (Fsp3) is 0.353. The van der Waals surface area contributed by atoms with Gasteiger partial charge in [0.2, 0.25) is 0 Å². The number of H-pyrrole nitrogens is 1. The number of aromatic amines is 1. The van der Waals surface area contributed by atoms with E-state index in [1.807, 2.05) is 0 Å². The smallest absolute Gasteiger partial charge is 0.322 e. The maximum absolute atomic E-state index is 13.3. The zero-order valence-electron chi connectivity index (χ0n) is 13.7. The number of para-hydroxylation sites is 2. The Balaban J connectivity index is 0.000000212. The van der Waals surface area contributed by atoms with Crippen LogP contribution in [-0.2, 0) is 15.5 Å². The first-order chi connectivity index (χ1) is 11.9. The number of benzene rings is 1. The molecule has 1 aliphatic heterocycles. The minimum atomic E-state index is -3.42. The number of methoxy groups -OCH3 is 1. The molecule has 0 spiro atoms. The molecule has 1 saturated heterocycles. The van der Waals surface area contributed by atoms with Crippen molar-refractivity contribution in [3.8, 4) is 0 Å². The summed E-state index contributed by atoms with van der Waals surface area (Å²) in [4.78, 5) is 28.1. The normalized spacial score (nSPS) is 16.8. The number of hydrogen-bond acceptors (Lipinski definition) is 5. The van der Waals surface area contributed by atoms with Gasteiger partial charge in [-0.05, 0) is 37.6 Å². The van der Waals surface area contributed by atoms with Crippen LogP contribution in [0, 0.1) is 0 Å². The van der Waals surface area contributed by atoms with Gasteiger partial charge < -0.3 is 15.0 Å². The maximum Gasteiger partial charge on any atom is 0.322 e. The highest BCUT2D eigenvalue weighted by atomic mass is 19.3. The van der Waals surface area contributed by atoms with Gasteiger partial charge in [0.1, 0.15) is 6.04 Å². The highest BCUT2D eigenvalue weighted by Crippen LogP contribution is 2.25. The van der Waals surface area contributed by atoms with Gasteiger partial charge in [0, 0.05) is 0 Å². The average Bonchev–Trinajstić information content (AvgIpc) is 3.15. The van der Waals surface area contributed by atoms with Gasteiger partial charge in [0.05, 0.1) is 18.1 Å². The summed E-state index contributed by atoms with van der Waals surface area (Å²) in [6.07, 6.45) is 2.41. The van der Waals surface area contributed by atoms with Gasteiger partial charge >= 0.3 is 11.9 Å². The summed E-state index contributed by atoms with van der Waals surface area (Å²) in [6.45, 7) is 3.93. The summed E-state index contributed by atoms with van der Waals surface area (Å²) in [6, 6.07) is 6.46. The van der Waals surface area contributed by atoms with Gasteiger partial charge in [0.25, 0.3) is 5.56 Å². The van der Waals surface area contributed by atoms with Crippen LogP contribution in [-0.4, -0.2) is 35.6 Å². The zero-order chi connectivity index (χ0) is 18.4. The van der Waals surface area contributed by atoms with Crippen molar-refractivity contribution in [1.29, 1.82) is 0 Å². The van der Waals surface area contributed by atoms with Crippen LogP contribution in [0.2, 0.25) is 0 Å². The summed E-state index contributed by atoms with van der Waals surface area (Å²) >= 11 is 0. The lowest BCUT2D eigenvalue weighted by Crippen LogP contribution is -2.31. The fourth-order valence-corrected chi connectivity index (χ4v) is 2.38. The van der Waals surface area contributed by atoms with Crippen molar-refractivity contribution in [2.24, 2.45) is 0 Å². The van der Waals surface area contributed by atoms with E-state index in [-0.39, 0.29) is 12.0 Å². The number of carbonyl (C=O) groups excluding carboxylic acids is 1. The second-order valence-electron chi connectivity index (χ2n) is 5.43. The van der Waals surface area contributed by atoms with Crippen LogP contribution >= 0.6 is 0 Å². The molecule has 0 aliphatic carbocycles. The lowest BCUT2D eigenvalue weighted by Gasteiger charge is -2.09. The Kier molecular flexibility index (Phi) is 5.97. The standard InChI is InChI=1S/C11H8F2N2O.C6H11NO2/c1-2-11(12,13)9-10(16)15-8-6-4-3-5-7(8)14-9;1-9-6(8)5-3-2-4-7-5/h2-6H,1H2,(H,15,16);5,7H,2-4H2,1H3. The van der Waals surface area contributed by atoms with Crippen molar-refractivity contribution in [2.75, 3.05) is 13.7 Å². The highest BCUT2D eigenvalue weighted by molar-refractivity contribution is 5.75. The number of carbonyl (C=O) groups is 1. The van der Waals surface area contributed by atoms with Crippen LogP contribution in [0.4, 0.5) is 8.78 Å². The van der Waals surface area contributed by atoms with E-state index in [4.69, 9.17) is 0 Å². The van der Waals surface area contributed by atoms with Gasteiger partial charge in [-0.3, -0.25) is 9.59 Å². The van der Waals surface area contributed by atoms with E-state index in [1.54, 1.807) is 24.3 Å². The predicted molar refractivity (Wildman–Crippen MR) is 89.5 cm³/mol. The van der Waals surface area contributed by atoms with Gasteiger partial charge in [-0.1, -0.05) is 18.7 Å².